The quantitative estimate of drug-likeness (QED) is 0.558. The first-order valence-corrected chi connectivity index (χ1v) is 9.69. The van der Waals surface area contributed by atoms with Crippen molar-refractivity contribution in [2.75, 3.05) is 0 Å². The summed E-state index contributed by atoms with van der Waals surface area (Å²) in [6.45, 7) is 2.24. The lowest BCUT2D eigenvalue weighted by atomic mass is 10.1. The number of fused-ring (bicyclic) bond motifs is 1. The lowest BCUT2D eigenvalue weighted by Gasteiger charge is -2.12. The van der Waals surface area contributed by atoms with Crippen LogP contribution in [0.4, 0.5) is 4.79 Å². The van der Waals surface area contributed by atoms with E-state index >= 15 is 0 Å². The maximum Gasteiger partial charge on any atom is 0.293 e. The number of rotatable bonds is 3. The first kappa shape index (κ1) is 17.9. The molecule has 6 heteroatoms. The summed E-state index contributed by atoms with van der Waals surface area (Å²) in [5, 5.41) is 1.39. The summed E-state index contributed by atoms with van der Waals surface area (Å²) in [5.74, 6) is -0.266. The number of carbonyl (C=O) groups excluding carboxylic acids is 2. The summed E-state index contributed by atoms with van der Waals surface area (Å²) in [5.41, 5.74) is 3.95. The van der Waals surface area contributed by atoms with Crippen LogP contribution in [0.5, 0.6) is 0 Å². The second-order valence-corrected chi connectivity index (χ2v) is 7.90. The number of amides is 2. The molecule has 4 rings (SSSR count). The van der Waals surface area contributed by atoms with Crippen LogP contribution >= 0.6 is 23.4 Å². The van der Waals surface area contributed by atoms with Crippen LogP contribution in [-0.2, 0) is 18.4 Å². The maximum atomic E-state index is 12.8. The molecule has 0 unspecified atom stereocenters. The van der Waals surface area contributed by atoms with E-state index in [4.69, 9.17) is 11.6 Å². The molecule has 27 heavy (non-hydrogen) atoms. The topological polar surface area (TPSA) is 42.3 Å². The lowest BCUT2D eigenvalue weighted by molar-refractivity contribution is -0.123. The van der Waals surface area contributed by atoms with Gasteiger partial charge in [-0.3, -0.25) is 14.5 Å². The molecular formula is C21H17ClN2O2S. The minimum atomic E-state index is -0.266. The number of thioether (sulfide) groups is 1. The third-order valence-corrected chi connectivity index (χ3v) is 5.97. The smallest absolute Gasteiger partial charge is 0.293 e. The Balaban J connectivity index is 1.69. The molecule has 2 heterocycles. The normalized spacial score (nSPS) is 16.1. The molecule has 0 atom stereocenters. The van der Waals surface area contributed by atoms with Crippen molar-refractivity contribution in [3.8, 4) is 0 Å². The number of benzene rings is 2. The highest BCUT2D eigenvalue weighted by Crippen LogP contribution is 2.36. The number of imide groups is 1. The van der Waals surface area contributed by atoms with Crippen LogP contribution in [0.3, 0.4) is 0 Å². The minimum Gasteiger partial charge on any atom is -0.347 e. The minimum absolute atomic E-state index is 0.219. The molecule has 0 spiro atoms. The molecule has 1 aliphatic rings. The van der Waals surface area contributed by atoms with E-state index < -0.39 is 0 Å². The van der Waals surface area contributed by atoms with Crippen molar-refractivity contribution < 1.29 is 9.59 Å². The zero-order valence-electron chi connectivity index (χ0n) is 14.9. The molecule has 0 saturated carbocycles. The Kier molecular flexibility index (Phi) is 4.58. The number of hydrogen-bond donors (Lipinski definition) is 0. The van der Waals surface area contributed by atoms with Gasteiger partial charge in [-0.1, -0.05) is 41.9 Å². The number of aryl methyl sites for hydroxylation is 1. The van der Waals surface area contributed by atoms with E-state index in [1.54, 1.807) is 12.1 Å². The van der Waals surface area contributed by atoms with Crippen LogP contribution in [0, 0.1) is 6.92 Å². The summed E-state index contributed by atoms with van der Waals surface area (Å²) >= 11 is 6.99. The van der Waals surface area contributed by atoms with Crippen molar-refractivity contribution in [1.29, 1.82) is 0 Å². The number of para-hydroxylation sites is 1. The molecule has 1 saturated heterocycles. The van der Waals surface area contributed by atoms with Crippen molar-refractivity contribution in [2.45, 2.75) is 13.5 Å². The van der Waals surface area contributed by atoms with E-state index in [0.717, 1.165) is 39.5 Å². The van der Waals surface area contributed by atoms with Gasteiger partial charge in [-0.25, -0.2) is 0 Å². The Hall–Kier alpha value is -2.50. The molecule has 0 bridgehead atoms. The molecule has 0 aliphatic carbocycles. The molecule has 3 aromatic rings. The third kappa shape index (κ3) is 3.17. The van der Waals surface area contributed by atoms with Crippen LogP contribution in [-0.4, -0.2) is 20.6 Å². The summed E-state index contributed by atoms with van der Waals surface area (Å²) in [7, 11) is 2.00. The highest BCUT2D eigenvalue weighted by Gasteiger charge is 2.35. The van der Waals surface area contributed by atoms with Gasteiger partial charge in [0.1, 0.15) is 0 Å². The molecule has 1 aromatic heterocycles. The van der Waals surface area contributed by atoms with E-state index in [0.29, 0.717) is 9.93 Å². The fourth-order valence-corrected chi connectivity index (χ4v) is 4.35. The SMILES string of the molecule is Cc1c(/C=C2\SC(=O)N(Cc3cccc(Cl)c3)C2=O)c2ccccc2n1C. The second-order valence-electron chi connectivity index (χ2n) is 6.47. The molecule has 0 radical (unpaired) electrons. The van der Waals surface area contributed by atoms with Gasteiger partial charge in [0, 0.05) is 34.2 Å². The van der Waals surface area contributed by atoms with Crippen molar-refractivity contribution in [3.05, 3.63) is 75.3 Å². The summed E-state index contributed by atoms with van der Waals surface area (Å²) in [6.07, 6.45) is 1.83. The Labute approximate surface area is 166 Å². The molecule has 0 N–H and O–H groups in total. The average molecular weight is 397 g/mol. The number of halogens is 1. The van der Waals surface area contributed by atoms with Crippen LogP contribution in [0.1, 0.15) is 16.8 Å². The standard InChI is InChI=1S/C21H17ClN2O2S/c1-13-17(16-8-3-4-9-18(16)23(13)2)11-19-20(25)24(21(26)27-19)12-14-6-5-7-15(22)10-14/h3-11H,12H2,1-2H3/b19-11-. The van der Waals surface area contributed by atoms with E-state index in [9.17, 15) is 9.59 Å². The van der Waals surface area contributed by atoms with Gasteiger partial charge in [-0.2, -0.15) is 0 Å². The molecule has 136 valence electrons. The molecule has 1 fully saturated rings. The van der Waals surface area contributed by atoms with Crippen LogP contribution in [0.25, 0.3) is 17.0 Å². The largest absolute Gasteiger partial charge is 0.347 e. The molecule has 2 amide bonds. The van der Waals surface area contributed by atoms with Gasteiger partial charge in [0.2, 0.25) is 0 Å². The zero-order valence-corrected chi connectivity index (χ0v) is 16.5. The number of aromatic nitrogens is 1. The fourth-order valence-electron chi connectivity index (χ4n) is 3.32. The van der Waals surface area contributed by atoms with Crippen LogP contribution < -0.4 is 0 Å². The first-order chi connectivity index (χ1) is 13.0. The van der Waals surface area contributed by atoms with E-state index in [-0.39, 0.29) is 17.7 Å². The van der Waals surface area contributed by atoms with Gasteiger partial charge in [0.05, 0.1) is 11.4 Å². The van der Waals surface area contributed by atoms with Crippen molar-refractivity contribution in [2.24, 2.45) is 7.05 Å². The van der Waals surface area contributed by atoms with Crippen molar-refractivity contribution >= 4 is 51.5 Å². The Morgan fingerprint density at radius 2 is 1.89 bits per heavy atom. The highest BCUT2D eigenvalue weighted by atomic mass is 35.5. The van der Waals surface area contributed by atoms with Gasteiger partial charge in [0.25, 0.3) is 11.1 Å². The van der Waals surface area contributed by atoms with Gasteiger partial charge in [0.15, 0.2) is 0 Å². The highest BCUT2D eigenvalue weighted by molar-refractivity contribution is 8.18. The van der Waals surface area contributed by atoms with Crippen molar-refractivity contribution in [1.82, 2.24) is 9.47 Å². The molecular weight excluding hydrogens is 380 g/mol. The first-order valence-electron chi connectivity index (χ1n) is 8.49. The lowest BCUT2D eigenvalue weighted by Crippen LogP contribution is -2.27. The van der Waals surface area contributed by atoms with E-state index in [2.05, 4.69) is 4.57 Å². The van der Waals surface area contributed by atoms with E-state index in [1.165, 1.54) is 4.90 Å². The monoisotopic (exact) mass is 396 g/mol. The zero-order chi connectivity index (χ0) is 19.1. The third-order valence-electron chi connectivity index (χ3n) is 4.83. The fraction of sp³-hybridized carbons (Fsp3) is 0.143. The number of carbonyl (C=O) groups is 2. The summed E-state index contributed by atoms with van der Waals surface area (Å²) in [4.78, 5) is 27.0. The van der Waals surface area contributed by atoms with Gasteiger partial charge in [-0.15, -0.1) is 0 Å². The van der Waals surface area contributed by atoms with Gasteiger partial charge in [-0.05, 0) is 48.5 Å². The number of nitrogens with zero attached hydrogens (tertiary/aromatic N) is 2. The van der Waals surface area contributed by atoms with Crippen LogP contribution in [0.15, 0.2) is 53.4 Å². The van der Waals surface area contributed by atoms with Gasteiger partial charge < -0.3 is 4.57 Å². The van der Waals surface area contributed by atoms with E-state index in [1.807, 2.05) is 56.4 Å². The molecule has 2 aromatic carbocycles. The second kappa shape index (κ2) is 6.91. The molecule has 1 aliphatic heterocycles. The Morgan fingerprint density at radius 3 is 2.67 bits per heavy atom. The average Bonchev–Trinajstić information content (AvgIpc) is 3.05. The maximum absolute atomic E-state index is 12.8. The predicted molar refractivity (Wildman–Crippen MR) is 111 cm³/mol. The van der Waals surface area contributed by atoms with Crippen LogP contribution in [0.2, 0.25) is 5.02 Å². The summed E-state index contributed by atoms with van der Waals surface area (Å²) < 4.78 is 2.09. The Bertz CT molecular complexity index is 1120. The predicted octanol–water partition coefficient (Wildman–Crippen LogP) is 5.38. The Morgan fingerprint density at radius 1 is 1.11 bits per heavy atom. The van der Waals surface area contributed by atoms with Crippen molar-refractivity contribution in [3.63, 3.8) is 0 Å². The molecule has 4 nitrogen and oxygen atoms in total. The van der Waals surface area contributed by atoms with Gasteiger partial charge >= 0.3 is 0 Å². The summed E-state index contributed by atoms with van der Waals surface area (Å²) in [6, 6.07) is 15.2. The number of hydrogen-bond acceptors (Lipinski definition) is 3.